The van der Waals surface area contributed by atoms with E-state index in [1.165, 1.54) is 23.7 Å². The van der Waals surface area contributed by atoms with Gasteiger partial charge in [-0.3, -0.25) is 0 Å². The first-order valence-corrected chi connectivity index (χ1v) is 8.12. The van der Waals surface area contributed by atoms with Crippen molar-refractivity contribution in [2.24, 2.45) is 5.73 Å². The van der Waals surface area contributed by atoms with E-state index < -0.39 is 11.6 Å². The van der Waals surface area contributed by atoms with Gasteiger partial charge in [0.05, 0.1) is 0 Å². The number of nitrogens with one attached hydrogen (secondary N) is 1. The number of urea groups is 1. The SMILES string of the molecule is CC1(c2nc(Cc3ccc(F)cc3)ns2)CNCCN1C(N)=O. The zero-order valence-corrected chi connectivity index (χ0v) is 13.6. The standard InChI is InChI=1S/C15H18FN5OS/c1-15(9-18-6-7-21(15)14(17)22)13-19-12(20-23-13)8-10-2-4-11(16)5-3-10/h2-5,18H,6-9H2,1H3,(H2,17,22). The lowest BCUT2D eigenvalue weighted by Crippen LogP contribution is -2.60. The minimum absolute atomic E-state index is 0.265. The van der Waals surface area contributed by atoms with Crippen LogP contribution in [0.1, 0.15) is 23.3 Å². The summed E-state index contributed by atoms with van der Waals surface area (Å²) in [6, 6.07) is 5.82. The first kappa shape index (κ1) is 15.8. The molecule has 1 saturated heterocycles. The molecule has 1 atom stereocenters. The molecular weight excluding hydrogens is 317 g/mol. The molecule has 0 radical (unpaired) electrons. The van der Waals surface area contributed by atoms with E-state index in [1.807, 2.05) is 6.92 Å². The lowest BCUT2D eigenvalue weighted by atomic mass is 9.98. The number of hydrogen-bond donors (Lipinski definition) is 2. The molecule has 1 aliphatic heterocycles. The summed E-state index contributed by atoms with van der Waals surface area (Å²) in [5, 5.41) is 4.02. The van der Waals surface area contributed by atoms with Crippen LogP contribution in [-0.2, 0) is 12.0 Å². The summed E-state index contributed by atoms with van der Waals surface area (Å²) in [5.41, 5.74) is 5.85. The van der Waals surface area contributed by atoms with E-state index >= 15 is 0 Å². The summed E-state index contributed by atoms with van der Waals surface area (Å²) in [6.45, 7) is 3.77. The van der Waals surface area contributed by atoms with Crippen LogP contribution in [0.3, 0.4) is 0 Å². The highest BCUT2D eigenvalue weighted by molar-refractivity contribution is 7.05. The molecule has 1 fully saturated rings. The highest BCUT2D eigenvalue weighted by Gasteiger charge is 2.41. The van der Waals surface area contributed by atoms with Gasteiger partial charge in [0.1, 0.15) is 22.2 Å². The number of halogens is 1. The van der Waals surface area contributed by atoms with Crippen LogP contribution < -0.4 is 11.1 Å². The Bertz CT molecular complexity index is 704. The van der Waals surface area contributed by atoms with E-state index in [0.29, 0.717) is 31.9 Å². The third-order valence-corrected chi connectivity index (χ3v) is 5.05. The Morgan fingerprint density at radius 1 is 1.48 bits per heavy atom. The number of nitrogens with two attached hydrogens (primary N) is 1. The molecule has 1 aliphatic rings. The summed E-state index contributed by atoms with van der Waals surface area (Å²) >= 11 is 1.27. The molecule has 3 N–H and O–H groups in total. The second-order valence-corrected chi connectivity index (χ2v) is 6.51. The van der Waals surface area contributed by atoms with Gasteiger partial charge in [-0.05, 0) is 36.2 Å². The first-order valence-electron chi connectivity index (χ1n) is 7.34. The van der Waals surface area contributed by atoms with E-state index in [0.717, 1.165) is 10.6 Å². The minimum atomic E-state index is -0.594. The lowest BCUT2D eigenvalue weighted by molar-refractivity contribution is 0.105. The molecule has 0 aliphatic carbocycles. The zero-order chi connectivity index (χ0) is 16.4. The number of carbonyl (C=O) groups excluding carboxylic acids is 1. The Balaban J connectivity index is 1.82. The molecule has 3 rings (SSSR count). The van der Waals surface area contributed by atoms with Crippen LogP contribution in [0.2, 0.25) is 0 Å². The fourth-order valence-corrected chi connectivity index (χ4v) is 3.56. The van der Waals surface area contributed by atoms with Gasteiger partial charge in [0.15, 0.2) is 0 Å². The van der Waals surface area contributed by atoms with Gasteiger partial charge in [-0.2, -0.15) is 4.37 Å². The molecule has 1 aromatic carbocycles. The van der Waals surface area contributed by atoms with Crippen LogP contribution in [0.15, 0.2) is 24.3 Å². The summed E-state index contributed by atoms with van der Waals surface area (Å²) in [6.07, 6.45) is 0.525. The largest absolute Gasteiger partial charge is 0.351 e. The van der Waals surface area contributed by atoms with Crippen LogP contribution in [0, 0.1) is 5.82 Å². The van der Waals surface area contributed by atoms with E-state index in [9.17, 15) is 9.18 Å². The number of amides is 2. The van der Waals surface area contributed by atoms with Crippen molar-refractivity contribution in [3.05, 3.63) is 46.5 Å². The molecule has 2 aromatic rings. The molecule has 1 unspecified atom stereocenters. The number of primary amides is 1. The average Bonchev–Trinajstić information content (AvgIpc) is 2.99. The Labute approximate surface area is 137 Å². The third-order valence-electron chi connectivity index (χ3n) is 4.05. The van der Waals surface area contributed by atoms with Gasteiger partial charge < -0.3 is 16.0 Å². The van der Waals surface area contributed by atoms with Gasteiger partial charge in [0.2, 0.25) is 0 Å². The molecule has 1 aromatic heterocycles. The van der Waals surface area contributed by atoms with Crippen molar-refractivity contribution in [3.63, 3.8) is 0 Å². The van der Waals surface area contributed by atoms with Gasteiger partial charge in [0, 0.05) is 26.1 Å². The Morgan fingerprint density at radius 3 is 2.91 bits per heavy atom. The summed E-state index contributed by atoms with van der Waals surface area (Å²) < 4.78 is 17.3. The second kappa shape index (κ2) is 6.21. The smallest absolute Gasteiger partial charge is 0.315 e. The molecule has 0 saturated carbocycles. The Morgan fingerprint density at radius 2 is 2.22 bits per heavy atom. The van der Waals surface area contributed by atoms with Crippen molar-refractivity contribution in [1.29, 1.82) is 0 Å². The molecular formula is C15H18FN5OS. The van der Waals surface area contributed by atoms with Crippen LogP contribution in [0.5, 0.6) is 0 Å². The molecule has 6 nitrogen and oxygen atoms in total. The average molecular weight is 335 g/mol. The number of hydrogen-bond acceptors (Lipinski definition) is 5. The molecule has 0 spiro atoms. The highest BCUT2D eigenvalue weighted by Crippen LogP contribution is 2.31. The van der Waals surface area contributed by atoms with Crippen molar-refractivity contribution in [2.75, 3.05) is 19.6 Å². The van der Waals surface area contributed by atoms with E-state index in [-0.39, 0.29) is 5.82 Å². The summed E-state index contributed by atoms with van der Waals surface area (Å²) in [4.78, 5) is 17.9. The monoisotopic (exact) mass is 335 g/mol. The predicted molar refractivity (Wildman–Crippen MR) is 85.6 cm³/mol. The number of aromatic nitrogens is 2. The van der Waals surface area contributed by atoms with Crippen molar-refractivity contribution in [3.8, 4) is 0 Å². The normalized spacial score (nSPS) is 21.4. The van der Waals surface area contributed by atoms with Crippen molar-refractivity contribution in [2.45, 2.75) is 18.9 Å². The molecule has 0 bridgehead atoms. The number of piperazine rings is 1. The summed E-state index contributed by atoms with van der Waals surface area (Å²) in [5.74, 6) is 0.395. The first-order chi connectivity index (χ1) is 11.0. The van der Waals surface area contributed by atoms with E-state index in [2.05, 4.69) is 14.7 Å². The highest BCUT2D eigenvalue weighted by atomic mass is 32.1. The fourth-order valence-electron chi connectivity index (χ4n) is 2.74. The Kier molecular flexibility index (Phi) is 4.27. The molecule has 2 amide bonds. The number of benzene rings is 1. The van der Waals surface area contributed by atoms with Crippen LogP contribution in [0.4, 0.5) is 9.18 Å². The maximum atomic E-state index is 13.0. The summed E-state index contributed by atoms with van der Waals surface area (Å²) in [7, 11) is 0. The number of carbonyl (C=O) groups is 1. The zero-order valence-electron chi connectivity index (χ0n) is 12.8. The van der Waals surface area contributed by atoms with Crippen LogP contribution in [0.25, 0.3) is 0 Å². The van der Waals surface area contributed by atoms with Gasteiger partial charge in [0.25, 0.3) is 0 Å². The number of nitrogens with zero attached hydrogens (tertiary/aromatic N) is 3. The van der Waals surface area contributed by atoms with Gasteiger partial charge in [-0.1, -0.05) is 12.1 Å². The van der Waals surface area contributed by atoms with Gasteiger partial charge in [-0.15, -0.1) is 0 Å². The van der Waals surface area contributed by atoms with E-state index in [1.54, 1.807) is 17.0 Å². The Hall–Kier alpha value is -2.06. The lowest BCUT2D eigenvalue weighted by Gasteiger charge is -2.42. The van der Waals surface area contributed by atoms with Gasteiger partial charge >= 0.3 is 6.03 Å². The minimum Gasteiger partial charge on any atom is -0.351 e. The van der Waals surface area contributed by atoms with Crippen molar-refractivity contribution in [1.82, 2.24) is 19.6 Å². The molecule has 23 heavy (non-hydrogen) atoms. The maximum Gasteiger partial charge on any atom is 0.315 e. The van der Waals surface area contributed by atoms with E-state index in [4.69, 9.17) is 5.73 Å². The molecule has 8 heteroatoms. The van der Waals surface area contributed by atoms with Crippen LogP contribution in [-0.4, -0.2) is 39.9 Å². The fraction of sp³-hybridized carbons (Fsp3) is 0.400. The topological polar surface area (TPSA) is 84.1 Å². The maximum absolute atomic E-state index is 13.0. The number of rotatable bonds is 3. The second-order valence-electron chi connectivity index (χ2n) is 5.76. The third kappa shape index (κ3) is 3.18. The van der Waals surface area contributed by atoms with Crippen LogP contribution >= 0.6 is 11.5 Å². The van der Waals surface area contributed by atoms with Crippen molar-refractivity contribution >= 4 is 17.6 Å². The van der Waals surface area contributed by atoms with Gasteiger partial charge in [-0.25, -0.2) is 14.2 Å². The quantitative estimate of drug-likeness (QED) is 0.889. The predicted octanol–water partition coefficient (Wildman–Crippen LogP) is 1.47. The molecule has 122 valence electrons. The molecule has 2 heterocycles. The van der Waals surface area contributed by atoms with Crippen molar-refractivity contribution < 1.29 is 9.18 Å².